The molecule has 0 spiro atoms. The molecule has 0 aliphatic carbocycles. The van der Waals surface area contributed by atoms with Crippen molar-refractivity contribution in [1.82, 2.24) is 9.88 Å². The second-order valence-corrected chi connectivity index (χ2v) is 8.52. The van der Waals surface area contributed by atoms with Gasteiger partial charge in [-0.2, -0.15) is 0 Å². The zero-order chi connectivity index (χ0) is 21.4. The number of amidine groups is 1. The fourth-order valence-corrected chi connectivity index (χ4v) is 4.35. The molecule has 0 saturated carbocycles. The Morgan fingerprint density at radius 3 is 2.57 bits per heavy atom. The highest BCUT2D eigenvalue weighted by Gasteiger charge is 2.25. The van der Waals surface area contributed by atoms with Crippen LogP contribution in [0, 0.1) is 26.6 Å². The molecule has 0 bridgehead atoms. The number of carbonyl (C=O) groups excluding carboxylic acids is 1. The number of carbonyl (C=O) groups is 1. The van der Waals surface area contributed by atoms with Gasteiger partial charge in [0.1, 0.15) is 5.82 Å². The molecule has 3 aromatic rings. The predicted octanol–water partition coefficient (Wildman–Crippen LogP) is 6.09. The van der Waals surface area contributed by atoms with Crippen molar-refractivity contribution in [3.8, 4) is 5.69 Å². The van der Waals surface area contributed by atoms with Gasteiger partial charge in [-0.1, -0.05) is 17.7 Å². The van der Waals surface area contributed by atoms with Gasteiger partial charge < -0.3 is 9.88 Å². The average molecular weight is 440 g/mol. The third-order valence-electron chi connectivity index (χ3n) is 4.89. The third-order valence-corrected chi connectivity index (χ3v) is 6.03. The minimum atomic E-state index is -0.274. The molecule has 2 heterocycles. The Hall–Kier alpha value is -2.83. The van der Waals surface area contributed by atoms with Gasteiger partial charge in [-0.15, -0.1) is 0 Å². The van der Waals surface area contributed by atoms with Crippen molar-refractivity contribution in [2.75, 3.05) is 0 Å². The largest absolute Gasteiger partial charge is 0.318 e. The number of halogens is 2. The molecule has 0 radical (unpaired) electrons. The number of aryl methyl sites for hydroxylation is 2. The SMILES string of the molecule is Cc1ccc(Cl)cc1N=C1NC(=O)/C(=C/c2cc(C)n(-c3ccc(F)cc3)c2C)S1. The van der Waals surface area contributed by atoms with Crippen molar-refractivity contribution in [3.05, 3.63) is 86.8 Å². The van der Waals surface area contributed by atoms with Crippen LogP contribution < -0.4 is 5.32 Å². The summed E-state index contributed by atoms with van der Waals surface area (Å²) in [6.45, 7) is 5.90. The molecule has 152 valence electrons. The lowest BCUT2D eigenvalue weighted by atomic mass is 10.2. The zero-order valence-corrected chi connectivity index (χ0v) is 18.2. The van der Waals surface area contributed by atoms with Crippen molar-refractivity contribution < 1.29 is 9.18 Å². The van der Waals surface area contributed by atoms with Crippen LogP contribution in [-0.4, -0.2) is 15.6 Å². The van der Waals surface area contributed by atoms with Gasteiger partial charge >= 0.3 is 0 Å². The number of rotatable bonds is 3. The van der Waals surface area contributed by atoms with Gasteiger partial charge in [0.05, 0.1) is 10.6 Å². The summed E-state index contributed by atoms with van der Waals surface area (Å²) in [5, 5.41) is 3.93. The van der Waals surface area contributed by atoms with Gasteiger partial charge in [-0.3, -0.25) is 4.79 Å². The van der Waals surface area contributed by atoms with E-state index in [1.54, 1.807) is 18.2 Å². The van der Waals surface area contributed by atoms with Crippen molar-refractivity contribution in [3.63, 3.8) is 0 Å². The molecule has 7 heteroatoms. The van der Waals surface area contributed by atoms with Crippen LogP contribution in [0.3, 0.4) is 0 Å². The van der Waals surface area contributed by atoms with Crippen LogP contribution in [0.15, 0.2) is 58.4 Å². The number of aromatic nitrogens is 1. The highest BCUT2D eigenvalue weighted by Crippen LogP contribution is 2.32. The van der Waals surface area contributed by atoms with E-state index in [4.69, 9.17) is 11.6 Å². The van der Waals surface area contributed by atoms with Crippen LogP contribution in [0.4, 0.5) is 10.1 Å². The summed E-state index contributed by atoms with van der Waals surface area (Å²) in [6.07, 6.45) is 1.86. The first kappa shape index (κ1) is 20.4. The Morgan fingerprint density at radius 2 is 1.83 bits per heavy atom. The van der Waals surface area contributed by atoms with Crippen LogP contribution in [0.1, 0.15) is 22.5 Å². The molecule has 1 amide bonds. The minimum absolute atomic E-state index is 0.190. The van der Waals surface area contributed by atoms with E-state index in [0.717, 1.165) is 33.9 Å². The first-order valence-electron chi connectivity index (χ1n) is 9.32. The normalized spacial score (nSPS) is 16.5. The minimum Gasteiger partial charge on any atom is -0.318 e. The number of aliphatic imine (C=N–C) groups is 1. The standard InChI is InChI=1S/C23H19ClFN3OS/c1-13-4-5-17(24)12-20(13)26-23-27-22(29)21(30-23)11-16-10-14(2)28(15(16)3)19-8-6-18(25)7-9-19/h4-12H,1-3H3,(H,26,27,29)/b21-11-. The van der Waals surface area contributed by atoms with Crippen LogP contribution in [-0.2, 0) is 4.79 Å². The van der Waals surface area contributed by atoms with Gasteiger partial charge in [-0.05, 0) is 92.2 Å². The monoisotopic (exact) mass is 439 g/mol. The van der Waals surface area contributed by atoms with E-state index in [2.05, 4.69) is 10.3 Å². The molecule has 1 saturated heterocycles. The molecule has 1 fully saturated rings. The van der Waals surface area contributed by atoms with Crippen LogP contribution >= 0.6 is 23.4 Å². The third kappa shape index (κ3) is 4.06. The lowest BCUT2D eigenvalue weighted by Gasteiger charge is -2.09. The fourth-order valence-electron chi connectivity index (χ4n) is 3.36. The first-order valence-corrected chi connectivity index (χ1v) is 10.5. The summed E-state index contributed by atoms with van der Waals surface area (Å²) < 4.78 is 15.3. The molecule has 4 nitrogen and oxygen atoms in total. The van der Waals surface area contributed by atoms with Crippen molar-refractivity contribution in [1.29, 1.82) is 0 Å². The molecule has 1 aromatic heterocycles. The lowest BCUT2D eigenvalue weighted by molar-refractivity contribution is -0.115. The van der Waals surface area contributed by atoms with Crippen LogP contribution in [0.25, 0.3) is 11.8 Å². The molecule has 30 heavy (non-hydrogen) atoms. The molecule has 4 rings (SSSR count). The Kier molecular flexibility index (Phi) is 5.54. The predicted molar refractivity (Wildman–Crippen MR) is 122 cm³/mol. The van der Waals surface area contributed by atoms with Gasteiger partial charge in [-0.25, -0.2) is 9.38 Å². The summed E-state index contributed by atoms with van der Waals surface area (Å²) in [5.41, 5.74) is 5.46. The quantitative estimate of drug-likeness (QED) is 0.502. The van der Waals surface area contributed by atoms with Crippen LogP contribution in [0.5, 0.6) is 0 Å². The molecule has 1 aliphatic rings. The Morgan fingerprint density at radius 1 is 1.10 bits per heavy atom. The van der Waals surface area contributed by atoms with E-state index in [0.29, 0.717) is 15.1 Å². The first-order chi connectivity index (χ1) is 14.3. The molecule has 1 N–H and O–H groups in total. The maximum atomic E-state index is 13.3. The van der Waals surface area contributed by atoms with Crippen molar-refractivity contribution in [2.45, 2.75) is 20.8 Å². The molecule has 1 aliphatic heterocycles. The van der Waals surface area contributed by atoms with Gasteiger partial charge in [0, 0.05) is 22.1 Å². The topological polar surface area (TPSA) is 46.4 Å². The summed E-state index contributed by atoms with van der Waals surface area (Å²) in [4.78, 5) is 17.6. The number of thioether (sulfide) groups is 1. The Bertz CT molecular complexity index is 1210. The number of nitrogens with zero attached hydrogens (tertiary/aromatic N) is 2. The fraction of sp³-hybridized carbons (Fsp3) is 0.130. The van der Waals surface area contributed by atoms with Crippen LogP contribution in [0.2, 0.25) is 5.02 Å². The Balaban J connectivity index is 1.65. The maximum Gasteiger partial charge on any atom is 0.264 e. The van der Waals surface area contributed by atoms with E-state index in [1.165, 1.54) is 23.9 Å². The molecule has 0 unspecified atom stereocenters. The number of hydrogen-bond donors (Lipinski definition) is 1. The van der Waals surface area contributed by atoms with Gasteiger partial charge in [0.2, 0.25) is 0 Å². The second kappa shape index (κ2) is 8.13. The van der Waals surface area contributed by atoms with E-state index in [-0.39, 0.29) is 11.7 Å². The Labute approximate surface area is 183 Å². The van der Waals surface area contributed by atoms with E-state index in [9.17, 15) is 9.18 Å². The van der Waals surface area contributed by atoms with E-state index < -0.39 is 0 Å². The van der Waals surface area contributed by atoms with Gasteiger partial charge in [0.15, 0.2) is 5.17 Å². The number of benzene rings is 2. The summed E-state index contributed by atoms with van der Waals surface area (Å²) in [6, 6.07) is 13.8. The summed E-state index contributed by atoms with van der Waals surface area (Å²) >= 11 is 7.36. The number of amides is 1. The van der Waals surface area contributed by atoms with E-state index >= 15 is 0 Å². The van der Waals surface area contributed by atoms with Gasteiger partial charge in [0.25, 0.3) is 5.91 Å². The lowest BCUT2D eigenvalue weighted by Crippen LogP contribution is -2.19. The summed E-state index contributed by atoms with van der Waals surface area (Å²) in [7, 11) is 0. The number of nitrogens with one attached hydrogen (secondary N) is 1. The second-order valence-electron chi connectivity index (χ2n) is 7.05. The molecular weight excluding hydrogens is 421 g/mol. The average Bonchev–Trinajstić information content (AvgIpc) is 3.18. The summed E-state index contributed by atoms with van der Waals surface area (Å²) in [5.74, 6) is -0.464. The smallest absolute Gasteiger partial charge is 0.264 e. The van der Waals surface area contributed by atoms with Crippen molar-refractivity contribution >= 4 is 46.2 Å². The van der Waals surface area contributed by atoms with Crippen molar-refractivity contribution in [2.24, 2.45) is 4.99 Å². The highest BCUT2D eigenvalue weighted by atomic mass is 35.5. The molecular formula is C23H19ClFN3OS. The number of hydrogen-bond acceptors (Lipinski definition) is 3. The highest BCUT2D eigenvalue weighted by molar-refractivity contribution is 8.18. The molecule has 2 aromatic carbocycles. The molecule has 0 atom stereocenters. The van der Waals surface area contributed by atoms with E-state index in [1.807, 2.05) is 49.6 Å². The maximum absolute atomic E-state index is 13.3. The zero-order valence-electron chi connectivity index (χ0n) is 16.7.